The minimum atomic E-state index is -0.139. The Kier molecular flexibility index (Phi) is 5.01. The van der Waals surface area contributed by atoms with E-state index in [9.17, 15) is 4.79 Å². The molecule has 0 radical (unpaired) electrons. The molecule has 1 amide bonds. The Labute approximate surface area is 127 Å². The highest BCUT2D eigenvalue weighted by Crippen LogP contribution is 2.23. The Balaban J connectivity index is 1.99. The summed E-state index contributed by atoms with van der Waals surface area (Å²) in [5, 5.41) is 12.6. The predicted molar refractivity (Wildman–Crippen MR) is 81.2 cm³/mol. The van der Waals surface area contributed by atoms with Crippen molar-refractivity contribution in [1.82, 2.24) is 0 Å². The van der Waals surface area contributed by atoms with Crippen LogP contribution in [0.25, 0.3) is 0 Å². The normalized spacial score (nSPS) is 10.3. The molecule has 2 N–H and O–H groups in total. The Morgan fingerprint density at radius 1 is 1.00 bits per heavy atom. The van der Waals surface area contributed by atoms with Gasteiger partial charge in [-0.3, -0.25) is 4.79 Å². The van der Waals surface area contributed by atoms with E-state index >= 15 is 0 Å². The number of hydrogen-bond acceptors (Lipinski definition) is 2. The molecule has 0 unspecified atom stereocenters. The van der Waals surface area contributed by atoms with E-state index in [1.165, 1.54) is 0 Å². The number of halogens is 2. The maximum absolute atomic E-state index is 11.9. The van der Waals surface area contributed by atoms with Gasteiger partial charge in [-0.25, -0.2) is 0 Å². The first-order chi connectivity index (χ1) is 9.58. The minimum absolute atomic E-state index is 0.0164. The van der Waals surface area contributed by atoms with Crippen LogP contribution in [0.15, 0.2) is 42.5 Å². The van der Waals surface area contributed by atoms with E-state index in [0.29, 0.717) is 15.7 Å². The topological polar surface area (TPSA) is 49.3 Å². The third kappa shape index (κ3) is 3.97. The predicted octanol–water partition coefficient (Wildman–Crippen LogP) is 3.67. The molecule has 0 bridgehead atoms. The lowest BCUT2D eigenvalue weighted by Gasteiger charge is -2.07. The number of carbonyl (C=O) groups is 1. The average molecular weight is 310 g/mol. The smallest absolute Gasteiger partial charge is 0.228 e. The van der Waals surface area contributed by atoms with Crippen molar-refractivity contribution in [3.05, 3.63) is 63.6 Å². The van der Waals surface area contributed by atoms with E-state index in [2.05, 4.69) is 5.32 Å². The molecule has 0 heterocycles. The van der Waals surface area contributed by atoms with Gasteiger partial charge in [-0.1, -0.05) is 41.4 Å². The first-order valence-electron chi connectivity index (χ1n) is 6.02. The van der Waals surface area contributed by atoms with Crippen molar-refractivity contribution in [3.63, 3.8) is 0 Å². The van der Waals surface area contributed by atoms with Crippen molar-refractivity contribution in [3.8, 4) is 0 Å². The second kappa shape index (κ2) is 6.75. The molecule has 0 aliphatic carbocycles. The summed E-state index contributed by atoms with van der Waals surface area (Å²) in [6, 6.07) is 12.1. The van der Waals surface area contributed by atoms with Crippen molar-refractivity contribution < 1.29 is 9.90 Å². The van der Waals surface area contributed by atoms with Crippen LogP contribution in [0.2, 0.25) is 10.0 Å². The zero-order chi connectivity index (χ0) is 14.5. The summed E-state index contributed by atoms with van der Waals surface area (Å²) in [6.45, 7) is -0.0164. The highest BCUT2D eigenvalue weighted by Gasteiger charge is 2.06. The molecule has 104 valence electrons. The van der Waals surface area contributed by atoms with Crippen LogP contribution < -0.4 is 5.32 Å². The van der Waals surface area contributed by atoms with Gasteiger partial charge in [0.15, 0.2) is 0 Å². The number of benzene rings is 2. The Hall–Kier alpha value is -1.55. The van der Waals surface area contributed by atoms with Crippen molar-refractivity contribution in [2.75, 3.05) is 5.32 Å². The number of carbonyl (C=O) groups excluding carboxylic acids is 1. The standard InChI is InChI=1S/C15H13Cl2NO2/c16-13-6-3-11(7-14(13)17)8-15(20)18-12-4-1-10(9-19)2-5-12/h1-7,19H,8-9H2,(H,18,20). The van der Waals surface area contributed by atoms with Gasteiger partial charge in [-0.2, -0.15) is 0 Å². The maximum Gasteiger partial charge on any atom is 0.228 e. The summed E-state index contributed by atoms with van der Waals surface area (Å²) in [5.74, 6) is -0.139. The fraction of sp³-hybridized carbons (Fsp3) is 0.133. The van der Waals surface area contributed by atoms with E-state index < -0.39 is 0 Å². The highest BCUT2D eigenvalue weighted by atomic mass is 35.5. The summed E-state index contributed by atoms with van der Waals surface area (Å²) in [4.78, 5) is 11.9. The van der Waals surface area contributed by atoms with Crippen LogP contribution in [0.4, 0.5) is 5.69 Å². The molecule has 0 aromatic heterocycles. The summed E-state index contributed by atoms with van der Waals surface area (Å²) in [7, 11) is 0. The van der Waals surface area contributed by atoms with Crippen molar-refractivity contribution in [2.45, 2.75) is 13.0 Å². The quantitative estimate of drug-likeness (QED) is 0.905. The zero-order valence-corrected chi connectivity index (χ0v) is 12.1. The molecule has 0 fully saturated rings. The number of amides is 1. The second-order valence-corrected chi connectivity index (χ2v) is 5.14. The molecule has 0 saturated heterocycles. The van der Waals surface area contributed by atoms with Gasteiger partial charge < -0.3 is 10.4 Å². The lowest BCUT2D eigenvalue weighted by atomic mass is 10.1. The van der Waals surface area contributed by atoms with Gasteiger partial charge in [0.25, 0.3) is 0 Å². The van der Waals surface area contributed by atoms with Gasteiger partial charge in [0.1, 0.15) is 0 Å². The van der Waals surface area contributed by atoms with Gasteiger partial charge in [0, 0.05) is 5.69 Å². The molecule has 0 spiro atoms. The molecule has 2 aromatic rings. The molecular weight excluding hydrogens is 297 g/mol. The third-order valence-corrected chi connectivity index (χ3v) is 3.51. The number of hydrogen-bond donors (Lipinski definition) is 2. The number of aliphatic hydroxyl groups excluding tert-OH is 1. The number of anilines is 1. The van der Waals surface area contributed by atoms with Crippen LogP contribution in [0.5, 0.6) is 0 Å². The molecule has 5 heteroatoms. The third-order valence-electron chi connectivity index (χ3n) is 2.77. The SMILES string of the molecule is O=C(Cc1ccc(Cl)c(Cl)c1)Nc1ccc(CO)cc1. The molecule has 20 heavy (non-hydrogen) atoms. The largest absolute Gasteiger partial charge is 0.392 e. The van der Waals surface area contributed by atoms with Crippen LogP contribution in [0.1, 0.15) is 11.1 Å². The van der Waals surface area contributed by atoms with Gasteiger partial charge in [-0.15, -0.1) is 0 Å². The van der Waals surface area contributed by atoms with Gasteiger partial charge in [-0.05, 0) is 35.4 Å². The fourth-order valence-corrected chi connectivity index (χ4v) is 2.05. The van der Waals surface area contributed by atoms with E-state index in [4.69, 9.17) is 28.3 Å². The van der Waals surface area contributed by atoms with E-state index in [1.54, 1.807) is 42.5 Å². The second-order valence-electron chi connectivity index (χ2n) is 4.33. The molecule has 0 aliphatic rings. The highest BCUT2D eigenvalue weighted by molar-refractivity contribution is 6.42. The molecule has 0 atom stereocenters. The van der Waals surface area contributed by atoms with Crippen molar-refractivity contribution in [2.24, 2.45) is 0 Å². The summed E-state index contributed by atoms with van der Waals surface area (Å²) in [5.41, 5.74) is 2.28. The fourth-order valence-electron chi connectivity index (χ4n) is 1.73. The van der Waals surface area contributed by atoms with Crippen LogP contribution in [0.3, 0.4) is 0 Å². The zero-order valence-electron chi connectivity index (χ0n) is 10.6. The van der Waals surface area contributed by atoms with E-state index in [1.807, 2.05) is 0 Å². The van der Waals surface area contributed by atoms with Crippen LogP contribution in [0, 0.1) is 0 Å². The molecule has 2 aromatic carbocycles. The molecule has 3 nitrogen and oxygen atoms in total. The molecule has 0 saturated carbocycles. The lowest BCUT2D eigenvalue weighted by Crippen LogP contribution is -2.14. The first-order valence-corrected chi connectivity index (χ1v) is 6.77. The van der Waals surface area contributed by atoms with Gasteiger partial charge in [0.05, 0.1) is 23.1 Å². The van der Waals surface area contributed by atoms with Crippen molar-refractivity contribution >= 4 is 34.8 Å². The Morgan fingerprint density at radius 3 is 2.25 bits per heavy atom. The molecular formula is C15H13Cl2NO2. The maximum atomic E-state index is 11.9. The van der Waals surface area contributed by atoms with Gasteiger partial charge >= 0.3 is 0 Å². The number of nitrogens with one attached hydrogen (secondary N) is 1. The lowest BCUT2D eigenvalue weighted by molar-refractivity contribution is -0.115. The molecule has 0 aliphatic heterocycles. The van der Waals surface area contributed by atoms with E-state index in [0.717, 1.165) is 11.1 Å². The summed E-state index contributed by atoms with van der Waals surface area (Å²) >= 11 is 11.7. The van der Waals surface area contributed by atoms with Crippen LogP contribution in [-0.4, -0.2) is 11.0 Å². The number of rotatable bonds is 4. The van der Waals surface area contributed by atoms with Crippen LogP contribution in [-0.2, 0) is 17.8 Å². The average Bonchev–Trinajstić information content (AvgIpc) is 2.44. The monoisotopic (exact) mass is 309 g/mol. The number of aliphatic hydroxyl groups is 1. The van der Waals surface area contributed by atoms with Crippen molar-refractivity contribution in [1.29, 1.82) is 0 Å². The van der Waals surface area contributed by atoms with Crippen LogP contribution >= 0.6 is 23.2 Å². The Morgan fingerprint density at radius 2 is 1.65 bits per heavy atom. The van der Waals surface area contributed by atoms with E-state index in [-0.39, 0.29) is 18.9 Å². The summed E-state index contributed by atoms with van der Waals surface area (Å²) < 4.78 is 0. The Bertz CT molecular complexity index is 612. The van der Waals surface area contributed by atoms with Gasteiger partial charge in [0.2, 0.25) is 5.91 Å². The summed E-state index contributed by atoms with van der Waals surface area (Å²) in [6.07, 6.45) is 0.221. The molecule has 2 rings (SSSR count). The first kappa shape index (κ1) is 14.9. The minimum Gasteiger partial charge on any atom is -0.392 e.